The largest absolute Gasteiger partial charge is 0.483 e. The van der Waals surface area contributed by atoms with Crippen molar-refractivity contribution in [3.63, 3.8) is 0 Å². The van der Waals surface area contributed by atoms with Crippen molar-refractivity contribution < 1.29 is 9.53 Å². The minimum Gasteiger partial charge on any atom is -0.483 e. The van der Waals surface area contributed by atoms with Gasteiger partial charge in [-0.15, -0.1) is 0 Å². The molecular formula is C19H24N2O2. The van der Waals surface area contributed by atoms with Gasteiger partial charge >= 0.3 is 0 Å². The maximum Gasteiger partial charge on any atom is 0.258 e. The fourth-order valence-electron chi connectivity index (χ4n) is 3.39. The molecule has 2 aromatic carbocycles. The van der Waals surface area contributed by atoms with E-state index in [-0.39, 0.29) is 18.6 Å². The number of hydrogen-bond acceptors (Lipinski definition) is 3. The van der Waals surface area contributed by atoms with Crippen molar-refractivity contribution in [3.05, 3.63) is 42.5 Å². The molecule has 1 aliphatic carbocycles. The quantitative estimate of drug-likeness (QED) is 0.892. The number of ether oxygens (including phenoxy) is 1. The zero-order chi connectivity index (χ0) is 16.1. The van der Waals surface area contributed by atoms with Crippen molar-refractivity contribution in [2.45, 2.75) is 31.7 Å². The molecule has 0 radical (unpaired) electrons. The van der Waals surface area contributed by atoms with Gasteiger partial charge in [0.15, 0.2) is 6.61 Å². The van der Waals surface area contributed by atoms with Crippen LogP contribution in [0.5, 0.6) is 5.75 Å². The molecule has 0 spiro atoms. The van der Waals surface area contributed by atoms with Crippen LogP contribution in [0.1, 0.15) is 25.7 Å². The van der Waals surface area contributed by atoms with Crippen molar-refractivity contribution in [1.29, 1.82) is 0 Å². The van der Waals surface area contributed by atoms with Crippen LogP contribution in [0.2, 0.25) is 0 Å². The van der Waals surface area contributed by atoms with E-state index in [1.807, 2.05) is 42.5 Å². The van der Waals surface area contributed by atoms with Crippen molar-refractivity contribution >= 4 is 16.7 Å². The van der Waals surface area contributed by atoms with Gasteiger partial charge in [-0.1, -0.05) is 49.2 Å². The Kier molecular flexibility index (Phi) is 5.13. The summed E-state index contributed by atoms with van der Waals surface area (Å²) in [4.78, 5) is 12.2. The first-order valence-corrected chi connectivity index (χ1v) is 8.38. The highest BCUT2D eigenvalue weighted by Gasteiger charge is 2.25. The maximum absolute atomic E-state index is 12.2. The van der Waals surface area contributed by atoms with Gasteiger partial charge in [0.25, 0.3) is 5.91 Å². The molecule has 1 fully saturated rings. The van der Waals surface area contributed by atoms with Crippen LogP contribution in [0.15, 0.2) is 42.5 Å². The zero-order valence-corrected chi connectivity index (χ0v) is 13.3. The Bertz CT molecular complexity index is 666. The van der Waals surface area contributed by atoms with Gasteiger partial charge in [0, 0.05) is 11.4 Å². The minimum atomic E-state index is -0.0664. The van der Waals surface area contributed by atoms with Crippen LogP contribution in [0.3, 0.4) is 0 Å². The molecule has 0 aromatic heterocycles. The predicted octanol–water partition coefficient (Wildman–Crippen LogP) is 2.85. The Hall–Kier alpha value is -2.07. The Morgan fingerprint density at radius 3 is 2.78 bits per heavy atom. The van der Waals surface area contributed by atoms with E-state index in [1.165, 1.54) is 6.42 Å². The van der Waals surface area contributed by atoms with Crippen molar-refractivity contribution in [2.24, 2.45) is 11.7 Å². The lowest BCUT2D eigenvalue weighted by Crippen LogP contribution is -2.46. The summed E-state index contributed by atoms with van der Waals surface area (Å²) in [5, 5.41) is 5.23. The van der Waals surface area contributed by atoms with E-state index < -0.39 is 0 Å². The first-order valence-electron chi connectivity index (χ1n) is 8.38. The molecule has 1 amide bonds. The fraction of sp³-hybridized carbons (Fsp3) is 0.421. The molecule has 1 aliphatic rings. The Morgan fingerprint density at radius 2 is 1.91 bits per heavy atom. The molecule has 0 saturated heterocycles. The van der Waals surface area contributed by atoms with Crippen molar-refractivity contribution in [1.82, 2.24) is 5.32 Å². The topological polar surface area (TPSA) is 64.3 Å². The van der Waals surface area contributed by atoms with E-state index in [0.717, 1.165) is 35.8 Å². The summed E-state index contributed by atoms with van der Waals surface area (Å²) in [6, 6.07) is 14.1. The van der Waals surface area contributed by atoms with Crippen LogP contribution >= 0.6 is 0 Å². The van der Waals surface area contributed by atoms with E-state index in [9.17, 15) is 4.79 Å². The summed E-state index contributed by atoms with van der Waals surface area (Å²) >= 11 is 0. The van der Waals surface area contributed by atoms with Crippen LogP contribution < -0.4 is 15.8 Å². The van der Waals surface area contributed by atoms with E-state index in [4.69, 9.17) is 10.5 Å². The lowest BCUT2D eigenvalue weighted by molar-refractivity contribution is -0.124. The fourth-order valence-corrected chi connectivity index (χ4v) is 3.39. The second-order valence-electron chi connectivity index (χ2n) is 6.22. The summed E-state index contributed by atoms with van der Waals surface area (Å²) in [6.45, 7) is 0.678. The second kappa shape index (κ2) is 7.47. The lowest BCUT2D eigenvalue weighted by atomic mass is 9.84. The van der Waals surface area contributed by atoms with Crippen LogP contribution in [-0.2, 0) is 4.79 Å². The molecule has 1 saturated carbocycles. The van der Waals surface area contributed by atoms with Crippen molar-refractivity contribution in [2.75, 3.05) is 13.2 Å². The molecule has 23 heavy (non-hydrogen) atoms. The molecule has 3 N–H and O–H groups in total. The molecule has 122 valence electrons. The average Bonchev–Trinajstić information content (AvgIpc) is 2.60. The third-order valence-electron chi connectivity index (χ3n) is 4.67. The van der Waals surface area contributed by atoms with E-state index in [2.05, 4.69) is 5.32 Å². The lowest BCUT2D eigenvalue weighted by Gasteiger charge is -2.31. The van der Waals surface area contributed by atoms with Gasteiger partial charge in [-0.2, -0.15) is 0 Å². The number of fused-ring (bicyclic) bond motifs is 1. The smallest absolute Gasteiger partial charge is 0.258 e. The highest BCUT2D eigenvalue weighted by molar-refractivity contribution is 5.88. The normalized spacial score (nSPS) is 21.1. The van der Waals surface area contributed by atoms with Crippen molar-refractivity contribution in [3.8, 4) is 5.75 Å². The number of carbonyl (C=O) groups excluding carboxylic acids is 1. The molecule has 0 heterocycles. The zero-order valence-electron chi connectivity index (χ0n) is 13.3. The summed E-state index contributed by atoms with van der Waals surface area (Å²) in [5.41, 5.74) is 5.81. The molecule has 2 aromatic rings. The second-order valence-corrected chi connectivity index (χ2v) is 6.22. The SMILES string of the molecule is NCC1CCCCC1NC(=O)COc1cccc2ccccc12. The number of benzene rings is 2. The van der Waals surface area contributed by atoms with E-state index in [1.54, 1.807) is 0 Å². The number of nitrogens with two attached hydrogens (primary N) is 1. The van der Waals surface area contributed by atoms with Gasteiger partial charge in [-0.3, -0.25) is 4.79 Å². The van der Waals surface area contributed by atoms with Crippen LogP contribution in [0, 0.1) is 5.92 Å². The highest BCUT2D eigenvalue weighted by atomic mass is 16.5. The van der Waals surface area contributed by atoms with Gasteiger partial charge in [-0.05, 0) is 36.8 Å². The summed E-state index contributed by atoms with van der Waals surface area (Å²) in [7, 11) is 0. The van der Waals surface area contributed by atoms with Gasteiger partial charge in [-0.25, -0.2) is 0 Å². The summed E-state index contributed by atoms with van der Waals surface area (Å²) in [5.74, 6) is 1.07. The molecule has 0 bridgehead atoms. The molecule has 4 heteroatoms. The Labute approximate surface area is 137 Å². The van der Waals surface area contributed by atoms with Crippen LogP contribution in [0.25, 0.3) is 10.8 Å². The number of carbonyl (C=O) groups is 1. The highest BCUT2D eigenvalue weighted by Crippen LogP contribution is 2.25. The van der Waals surface area contributed by atoms with Gasteiger partial charge < -0.3 is 15.8 Å². The third kappa shape index (κ3) is 3.82. The number of nitrogens with one attached hydrogen (secondary N) is 1. The predicted molar refractivity (Wildman–Crippen MR) is 92.4 cm³/mol. The first-order chi connectivity index (χ1) is 11.3. The third-order valence-corrected chi connectivity index (χ3v) is 4.67. The van der Waals surface area contributed by atoms with Gasteiger partial charge in [0.05, 0.1) is 0 Å². The molecule has 2 unspecified atom stereocenters. The number of rotatable bonds is 5. The van der Waals surface area contributed by atoms with Gasteiger partial charge in [0.2, 0.25) is 0 Å². The van der Waals surface area contributed by atoms with E-state index >= 15 is 0 Å². The number of amides is 1. The van der Waals surface area contributed by atoms with Crippen LogP contribution in [0.4, 0.5) is 0 Å². The Morgan fingerprint density at radius 1 is 1.13 bits per heavy atom. The number of hydrogen-bond donors (Lipinski definition) is 2. The molecule has 3 rings (SSSR count). The van der Waals surface area contributed by atoms with Crippen LogP contribution in [-0.4, -0.2) is 25.1 Å². The molecule has 0 aliphatic heterocycles. The summed E-state index contributed by atoms with van der Waals surface area (Å²) in [6.07, 6.45) is 4.49. The molecular weight excluding hydrogens is 288 g/mol. The Balaban J connectivity index is 1.60. The molecule has 2 atom stereocenters. The molecule has 4 nitrogen and oxygen atoms in total. The summed E-state index contributed by atoms with van der Waals surface area (Å²) < 4.78 is 5.75. The van der Waals surface area contributed by atoms with Gasteiger partial charge in [0.1, 0.15) is 5.75 Å². The average molecular weight is 312 g/mol. The maximum atomic E-state index is 12.2. The van der Waals surface area contributed by atoms with E-state index in [0.29, 0.717) is 12.5 Å². The minimum absolute atomic E-state index is 0.0435. The standard InChI is InChI=1S/C19H24N2O2/c20-12-15-7-2-4-10-17(15)21-19(22)13-23-18-11-5-8-14-6-1-3-9-16(14)18/h1,3,5-6,8-9,11,15,17H,2,4,7,10,12-13,20H2,(H,21,22). The first kappa shape index (κ1) is 15.8. The monoisotopic (exact) mass is 312 g/mol.